The first-order chi connectivity index (χ1) is 12.0. The van der Waals surface area contributed by atoms with Crippen molar-refractivity contribution in [1.29, 1.82) is 0 Å². The van der Waals surface area contributed by atoms with E-state index in [1.807, 2.05) is 31.1 Å². The summed E-state index contributed by atoms with van der Waals surface area (Å²) in [5.74, 6) is 1.77. The highest BCUT2D eigenvalue weighted by atomic mass is 32.1. The fourth-order valence-corrected chi connectivity index (χ4v) is 3.97. The van der Waals surface area contributed by atoms with Crippen LogP contribution in [0.3, 0.4) is 0 Å². The number of methoxy groups -OCH3 is 2. The van der Waals surface area contributed by atoms with Crippen molar-refractivity contribution in [2.24, 2.45) is 5.92 Å². The van der Waals surface area contributed by atoms with Gasteiger partial charge in [-0.1, -0.05) is 17.8 Å². The quantitative estimate of drug-likeness (QED) is 0.757. The molecule has 3 rings (SSSR count). The maximum absolute atomic E-state index is 12.9. The molecule has 0 N–H and O–H groups in total. The number of likely N-dealkylation sites (N-methyl/N-ethyl adjacent to an activating group) is 1. The summed E-state index contributed by atoms with van der Waals surface area (Å²) < 4.78 is 11.8. The Morgan fingerprint density at radius 1 is 1.20 bits per heavy atom. The number of benzene rings is 1. The van der Waals surface area contributed by atoms with Crippen LogP contribution in [-0.2, 0) is 4.79 Å². The molecule has 0 unspecified atom stereocenters. The van der Waals surface area contributed by atoms with Gasteiger partial charge in [0, 0.05) is 19.0 Å². The minimum Gasteiger partial charge on any atom is -0.495 e. The molecule has 0 bridgehead atoms. The molecule has 0 spiro atoms. The zero-order valence-corrected chi connectivity index (χ0v) is 16.1. The monoisotopic (exact) mass is 363 g/mol. The smallest absolute Gasteiger partial charge is 0.231 e. The molecular formula is C18H25N3O3S. The Morgan fingerprint density at radius 2 is 1.88 bits per heavy atom. The number of hydrogen-bond acceptors (Lipinski definition) is 6. The van der Waals surface area contributed by atoms with E-state index in [-0.39, 0.29) is 11.8 Å². The predicted molar refractivity (Wildman–Crippen MR) is 101 cm³/mol. The predicted octanol–water partition coefficient (Wildman–Crippen LogP) is 3.01. The summed E-state index contributed by atoms with van der Waals surface area (Å²) in [5.41, 5.74) is 0.748. The third-order valence-corrected chi connectivity index (χ3v) is 5.71. The highest BCUT2D eigenvalue weighted by Gasteiger charge is 2.32. The average molecular weight is 363 g/mol. The molecule has 25 heavy (non-hydrogen) atoms. The van der Waals surface area contributed by atoms with E-state index in [0.717, 1.165) is 46.9 Å². The summed E-state index contributed by atoms with van der Waals surface area (Å²) in [5, 5.41) is 0.719. The van der Waals surface area contributed by atoms with Gasteiger partial charge in [0.25, 0.3) is 0 Å². The third-order valence-electron chi connectivity index (χ3n) is 4.62. The van der Waals surface area contributed by atoms with E-state index in [9.17, 15) is 4.79 Å². The number of hydrogen-bond donors (Lipinski definition) is 0. The summed E-state index contributed by atoms with van der Waals surface area (Å²) in [7, 11) is 7.29. The van der Waals surface area contributed by atoms with Crippen LogP contribution in [0.4, 0.5) is 5.13 Å². The number of rotatable bonds is 7. The van der Waals surface area contributed by atoms with Crippen LogP contribution in [0.25, 0.3) is 10.2 Å². The molecule has 1 aliphatic carbocycles. The van der Waals surface area contributed by atoms with E-state index in [0.29, 0.717) is 12.3 Å². The van der Waals surface area contributed by atoms with Gasteiger partial charge in [0.15, 0.2) is 5.13 Å². The number of anilines is 1. The van der Waals surface area contributed by atoms with Gasteiger partial charge < -0.3 is 14.4 Å². The molecule has 2 aromatic rings. The minimum atomic E-state index is 0.137. The first-order valence-electron chi connectivity index (χ1n) is 8.52. The molecule has 0 radical (unpaired) electrons. The SMILES string of the molecule is COc1ccc(OC)c2sc(N(CCN(C)C)C(=O)C3CCC3)nc12. The molecule has 1 aliphatic rings. The molecule has 1 saturated carbocycles. The van der Waals surface area contributed by atoms with Crippen LogP contribution in [-0.4, -0.2) is 57.2 Å². The Balaban J connectivity index is 2.00. The summed E-state index contributed by atoms with van der Waals surface area (Å²) >= 11 is 1.49. The molecule has 7 heteroatoms. The van der Waals surface area contributed by atoms with Crippen molar-refractivity contribution in [3.63, 3.8) is 0 Å². The molecule has 1 heterocycles. The van der Waals surface area contributed by atoms with Gasteiger partial charge >= 0.3 is 0 Å². The molecule has 1 aromatic heterocycles. The van der Waals surface area contributed by atoms with Crippen molar-refractivity contribution in [2.75, 3.05) is 46.3 Å². The Bertz CT molecular complexity index is 714. The fourth-order valence-electron chi connectivity index (χ4n) is 2.87. The van der Waals surface area contributed by atoms with Crippen LogP contribution in [0.5, 0.6) is 11.5 Å². The summed E-state index contributed by atoms with van der Waals surface area (Å²) in [6.45, 7) is 1.43. The van der Waals surface area contributed by atoms with Gasteiger partial charge in [0.1, 0.15) is 21.7 Å². The average Bonchev–Trinajstić information content (AvgIpc) is 2.97. The highest BCUT2D eigenvalue weighted by Crippen LogP contribution is 2.41. The maximum Gasteiger partial charge on any atom is 0.231 e. The van der Waals surface area contributed by atoms with E-state index in [2.05, 4.69) is 4.90 Å². The standard InChI is InChI=1S/C18H25N3O3S/c1-20(2)10-11-21(17(22)12-6-5-7-12)18-19-15-13(23-3)8-9-14(24-4)16(15)25-18/h8-9,12H,5-7,10-11H2,1-4H3. The lowest BCUT2D eigenvalue weighted by molar-refractivity contribution is -0.124. The summed E-state index contributed by atoms with van der Waals surface area (Å²) in [6, 6.07) is 3.73. The lowest BCUT2D eigenvalue weighted by Gasteiger charge is -2.30. The Hall–Kier alpha value is -1.86. The lowest BCUT2D eigenvalue weighted by atomic mass is 9.84. The Kier molecular flexibility index (Phi) is 5.44. The third kappa shape index (κ3) is 3.57. The van der Waals surface area contributed by atoms with Gasteiger partial charge in [-0.3, -0.25) is 9.69 Å². The molecule has 0 aliphatic heterocycles. The summed E-state index contributed by atoms with van der Waals surface area (Å²) in [6.07, 6.45) is 3.10. The molecule has 6 nitrogen and oxygen atoms in total. The second-order valence-electron chi connectivity index (χ2n) is 6.57. The highest BCUT2D eigenvalue weighted by molar-refractivity contribution is 7.22. The molecule has 1 amide bonds. The lowest BCUT2D eigenvalue weighted by Crippen LogP contribution is -2.42. The molecule has 0 saturated heterocycles. The zero-order chi connectivity index (χ0) is 18.0. The zero-order valence-electron chi connectivity index (χ0n) is 15.2. The van der Waals surface area contributed by atoms with Crippen LogP contribution in [0.15, 0.2) is 12.1 Å². The summed E-state index contributed by atoms with van der Waals surface area (Å²) in [4.78, 5) is 21.6. The number of carbonyl (C=O) groups is 1. The van der Waals surface area contributed by atoms with Crippen LogP contribution in [0.1, 0.15) is 19.3 Å². The topological polar surface area (TPSA) is 54.9 Å². The maximum atomic E-state index is 12.9. The van der Waals surface area contributed by atoms with E-state index >= 15 is 0 Å². The van der Waals surface area contributed by atoms with Gasteiger partial charge in [0.2, 0.25) is 5.91 Å². The van der Waals surface area contributed by atoms with E-state index < -0.39 is 0 Å². The van der Waals surface area contributed by atoms with Crippen LogP contribution in [0.2, 0.25) is 0 Å². The first-order valence-corrected chi connectivity index (χ1v) is 9.34. The van der Waals surface area contributed by atoms with Crippen molar-refractivity contribution in [1.82, 2.24) is 9.88 Å². The first kappa shape index (κ1) is 17.9. The van der Waals surface area contributed by atoms with E-state index in [4.69, 9.17) is 14.5 Å². The van der Waals surface area contributed by atoms with Crippen LogP contribution >= 0.6 is 11.3 Å². The van der Waals surface area contributed by atoms with Gasteiger partial charge in [-0.05, 0) is 39.1 Å². The number of carbonyl (C=O) groups excluding carboxylic acids is 1. The second-order valence-corrected chi connectivity index (χ2v) is 7.54. The van der Waals surface area contributed by atoms with Crippen molar-refractivity contribution in [3.8, 4) is 11.5 Å². The molecular weight excluding hydrogens is 338 g/mol. The molecule has 1 fully saturated rings. The van der Waals surface area contributed by atoms with Crippen LogP contribution < -0.4 is 14.4 Å². The number of amides is 1. The number of thiazole rings is 1. The number of fused-ring (bicyclic) bond motifs is 1. The number of aromatic nitrogens is 1. The van der Waals surface area contributed by atoms with Crippen molar-refractivity contribution >= 4 is 32.6 Å². The van der Waals surface area contributed by atoms with Crippen molar-refractivity contribution in [2.45, 2.75) is 19.3 Å². The van der Waals surface area contributed by atoms with E-state index in [1.165, 1.54) is 11.3 Å². The molecule has 1 aromatic carbocycles. The Morgan fingerprint density at radius 3 is 2.44 bits per heavy atom. The van der Waals surface area contributed by atoms with E-state index in [1.54, 1.807) is 14.2 Å². The Labute approximate surface area is 152 Å². The normalized spacial score (nSPS) is 14.6. The van der Waals surface area contributed by atoms with Gasteiger partial charge in [0.05, 0.1) is 14.2 Å². The largest absolute Gasteiger partial charge is 0.495 e. The van der Waals surface area contributed by atoms with Crippen molar-refractivity contribution < 1.29 is 14.3 Å². The van der Waals surface area contributed by atoms with Gasteiger partial charge in [-0.2, -0.15) is 0 Å². The number of ether oxygens (including phenoxy) is 2. The fraction of sp³-hybridized carbons (Fsp3) is 0.556. The number of nitrogens with zero attached hydrogens (tertiary/aromatic N) is 3. The van der Waals surface area contributed by atoms with Gasteiger partial charge in [-0.15, -0.1) is 0 Å². The minimum absolute atomic E-state index is 0.137. The molecule has 136 valence electrons. The van der Waals surface area contributed by atoms with Crippen molar-refractivity contribution in [3.05, 3.63) is 12.1 Å². The molecule has 0 atom stereocenters. The van der Waals surface area contributed by atoms with Gasteiger partial charge in [-0.25, -0.2) is 4.98 Å². The second kappa shape index (κ2) is 7.58. The van der Waals surface area contributed by atoms with Crippen LogP contribution in [0, 0.1) is 5.92 Å².